The van der Waals surface area contributed by atoms with Gasteiger partial charge in [0, 0.05) is 10.8 Å². The number of rotatable bonds is 6. The summed E-state index contributed by atoms with van der Waals surface area (Å²) in [5, 5.41) is 0.918. The van der Waals surface area contributed by atoms with Gasteiger partial charge in [-0.3, -0.25) is 0 Å². The fourth-order valence-corrected chi connectivity index (χ4v) is 3.07. The molecule has 0 saturated heterocycles. The Labute approximate surface area is 160 Å². The first-order valence-electron chi connectivity index (χ1n) is 8.85. The van der Waals surface area contributed by atoms with Gasteiger partial charge in [-0.25, -0.2) is 14.4 Å². The lowest BCUT2D eigenvalue weighted by atomic mass is 9.97. The third-order valence-corrected chi connectivity index (χ3v) is 4.40. The van der Waals surface area contributed by atoms with Crippen LogP contribution < -0.4 is 10.4 Å². The molecule has 1 aromatic heterocycles. The Bertz CT molecular complexity index is 1110. The van der Waals surface area contributed by atoms with E-state index in [1.165, 1.54) is 20.3 Å². The van der Waals surface area contributed by atoms with Crippen LogP contribution in [0.4, 0.5) is 0 Å². The minimum Gasteiger partial charge on any atom is -0.493 e. The van der Waals surface area contributed by atoms with Crippen LogP contribution in [0.15, 0.2) is 39.5 Å². The second-order valence-corrected chi connectivity index (χ2v) is 6.12. The van der Waals surface area contributed by atoms with Crippen molar-refractivity contribution in [1.82, 2.24) is 0 Å². The fraction of sp³-hybridized carbons (Fsp3) is 0.286. The molecule has 0 aliphatic rings. The van der Waals surface area contributed by atoms with Crippen LogP contribution in [0.3, 0.4) is 0 Å². The van der Waals surface area contributed by atoms with Crippen molar-refractivity contribution in [3.8, 4) is 5.75 Å². The van der Waals surface area contributed by atoms with Gasteiger partial charge in [-0.05, 0) is 18.6 Å². The van der Waals surface area contributed by atoms with Crippen LogP contribution in [0, 0.1) is 0 Å². The van der Waals surface area contributed by atoms with Crippen molar-refractivity contribution in [2.24, 2.45) is 0 Å². The van der Waals surface area contributed by atoms with Crippen LogP contribution in [0.5, 0.6) is 5.75 Å². The Morgan fingerprint density at radius 1 is 1.04 bits per heavy atom. The summed E-state index contributed by atoms with van der Waals surface area (Å²) in [6.07, 6.45) is 1.69. The predicted molar refractivity (Wildman–Crippen MR) is 103 cm³/mol. The summed E-state index contributed by atoms with van der Waals surface area (Å²) >= 11 is 0. The van der Waals surface area contributed by atoms with Crippen molar-refractivity contribution < 1.29 is 28.2 Å². The summed E-state index contributed by atoms with van der Waals surface area (Å²) in [6, 6.07) is 8.34. The summed E-state index contributed by atoms with van der Waals surface area (Å²) in [5.74, 6) is -1.32. The van der Waals surface area contributed by atoms with Crippen molar-refractivity contribution in [2.75, 3.05) is 20.8 Å². The smallest absolute Gasteiger partial charge is 0.345 e. The molecule has 146 valence electrons. The van der Waals surface area contributed by atoms with Gasteiger partial charge in [0.2, 0.25) is 0 Å². The van der Waals surface area contributed by atoms with Crippen LogP contribution in [0.25, 0.3) is 21.7 Å². The average Bonchev–Trinajstić information content (AvgIpc) is 2.72. The van der Waals surface area contributed by atoms with Crippen molar-refractivity contribution in [3.63, 3.8) is 0 Å². The number of hydrogen-bond donors (Lipinski definition) is 0. The maximum absolute atomic E-state index is 12.8. The van der Waals surface area contributed by atoms with Crippen molar-refractivity contribution in [3.05, 3.63) is 51.9 Å². The average molecular weight is 384 g/mol. The van der Waals surface area contributed by atoms with E-state index in [9.17, 15) is 14.4 Å². The van der Waals surface area contributed by atoms with E-state index < -0.39 is 17.6 Å². The van der Waals surface area contributed by atoms with Gasteiger partial charge >= 0.3 is 17.6 Å². The molecule has 28 heavy (non-hydrogen) atoms. The number of para-hydroxylation sites is 1. The van der Waals surface area contributed by atoms with E-state index >= 15 is 0 Å². The summed E-state index contributed by atoms with van der Waals surface area (Å²) in [5.41, 5.74) is -0.732. The van der Waals surface area contributed by atoms with Crippen molar-refractivity contribution in [2.45, 2.75) is 19.8 Å². The third kappa shape index (κ3) is 3.31. The molecular formula is C21H20O7. The number of ether oxygens (including phenoxy) is 3. The molecule has 3 aromatic rings. The molecule has 3 rings (SSSR count). The molecule has 0 N–H and O–H groups in total. The Kier molecular flexibility index (Phi) is 5.63. The maximum Gasteiger partial charge on any atom is 0.345 e. The van der Waals surface area contributed by atoms with E-state index in [4.69, 9.17) is 18.6 Å². The van der Waals surface area contributed by atoms with E-state index in [1.807, 2.05) is 6.92 Å². The zero-order chi connectivity index (χ0) is 20.3. The molecule has 0 unspecified atom stereocenters. The first kappa shape index (κ1) is 19.4. The van der Waals surface area contributed by atoms with E-state index in [0.717, 1.165) is 12.8 Å². The topological polar surface area (TPSA) is 92.0 Å². The summed E-state index contributed by atoms with van der Waals surface area (Å²) in [4.78, 5) is 37.6. The van der Waals surface area contributed by atoms with Gasteiger partial charge in [0.1, 0.15) is 11.3 Å². The first-order chi connectivity index (χ1) is 13.5. The van der Waals surface area contributed by atoms with Gasteiger partial charge in [0.25, 0.3) is 0 Å². The maximum atomic E-state index is 12.8. The monoisotopic (exact) mass is 384 g/mol. The SMILES string of the molecule is CCCCOc1cc(C(=O)OC)c(C(=O)OC)c2c(=O)oc3ccccc3c12. The lowest BCUT2D eigenvalue weighted by Crippen LogP contribution is -2.17. The molecule has 0 amide bonds. The Morgan fingerprint density at radius 2 is 1.75 bits per heavy atom. The number of benzene rings is 2. The predicted octanol–water partition coefficient (Wildman–Crippen LogP) is 3.70. The molecule has 2 aromatic carbocycles. The van der Waals surface area contributed by atoms with Crippen LogP contribution in [-0.4, -0.2) is 32.8 Å². The third-order valence-electron chi connectivity index (χ3n) is 4.40. The minimum atomic E-state index is -0.840. The molecular weight excluding hydrogens is 364 g/mol. The Morgan fingerprint density at radius 3 is 2.43 bits per heavy atom. The van der Waals surface area contributed by atoms with Crippen molar-refractivity contribution in [1.29, 1.82) is 0 Å². The van der Waals surface area contributed by atoms with Crippen LogP contribution in [0.1, 0.15) is 40.5 Å². The number of carbonyl (C=O) groups excluding carboxylic acids is 2. The molecule has 0 aliphatic carbocycles. The van der Waals surface area contributed by atoms with Crippen LogP contribution in [0.2, 0.25) is 0 Å². The molecule has 0 aliphatic heterocycles. The summed E-state index contributed by atoms with van der Waals surface area (Å²) < 4.78 is 20.9. The highest BCUT2D eigenvalue weighted by atomic mass is 16.5. The molecule has 0 fully saturated rings. The van der Waals surface area contributed by atoms with Gasteiger partial charge in [-0.1, -0.05) is 31.5 Å². The molecule has 0 atom stereocenters. The second kappa shape index (κ2) is 8.12. The second-order valence-electron chi connectivity index (χ2n) is 6.12. The summed E-state index contributed by atoms with van der Waals surface area (Å²) in [6.45, 7) is 2.41. The largest absolute Gasteiger partial charge is 0.493 e. The molecule has 1 heterocycles. The van der Waals surface area contributed by atoms with E-state index in [1.54, 1.807) is 24.3 Å². The van der Waals surface area contributed by atoms with E-state index in [-0.39, 0.29) is 16.5 Å². The molecule has 0 bridgehead atoms. The van der Waals surface area contributed by atoms with Crippen molar-refractivity contribution >= 4 is 33.7 Å². The summed E-state index contributed by atoms with van der Waals surface area (Å²) in [7, 11) is 2.36. The zero-order valence-corrected chi connectivity index (χ0v) is 15.9. The zero-order valence-electron chi connectivity index (χ0n) is 15.9. The van der Waals surface area contributed by atoms with Gasteiger partial charge in [0.05, 0.1) is 37.3 Å². The highest BCUT2D eigenvalue weighted by molar-refractivity contribution is 6.19. The minimum absolute atomic E-state index is 0.0695. The van der Waals surface area contributed by atoms with Gasteiger partial charge in [-0.2, -0.15) is 0 Å². The number of fused-ring (bicyclic) bond motifs is 3. The molecule has 7 heteroatoms. The van der Waals surface area contributed by atoms with Crippen LogP contribution in [-0.2, 0) is 9.47 Å². The van der Waals surface area contributed by atoms with E-state index in [0.29, 0.717) is 28.7 Å². The molecule has 7 nitrogen and oxygen atoms in total. The lowest BCUT2D eigenvalue weighted by Gasteiger charge is -2.15. The van der Waals surface area contributed by atoms with Gasteiger partial charge in [0.15, 0.2) is 0 Å². The number of methoxy groups -OCH3 is 2. The fourth-order valence-electron chi connectivity index (χ4n) is 3.07. The van der Waals surface area contributed by atoms with Gasteiger partial charge < -0.3 is 18.6 Å². The quantitative estimate of drug-likeness (QED) is 0.277. The highest BCUT2D eigenvalue weighted by Gasteiger charge is 2.28. The first-order valence-corrected chi connectivity index (χ1v) is 8.85. The standard InChI is InChI=1S/C21H20O7/c1-4-5-10-27-15-11-13(19(22)25-2)17(20(23)26-3)18-16(15)12-8-6-7-9-14(12)28-21(18)24/h6-9,11H,4-5,10H2,1-3H3. The normalized spacial score (nSPS) is 10.8. The number of carbonyl (C=O) groups is 2. The number of esters is 2. The number of hydrogen-bond acceptors (Lipinski definition) is 7. The Balaban J connectivity index is 2.50. The van der Waals surface area contributed by atoms with Crippen LogP contribution >= 0.6 is 0 Å². The van der Waals surface area contributed by atoms with Gasteiger partial charge in [-0.15, -0.1) is 0 Å². The van der Waals surface area contributed by atoms with E-state index in [2.05, 4.69) is 0 Å². The Hall–Kier alpha value is -3.35. The molecule has 0 spiro atoms. The lowest BCUT2D eigenvalue weighted by molar-refractivity contribution is 0.0556. The highest BCUT2D eigenvalue weighted by Crippen LogP contribution is 2.36. The molecule has 0 radical (unpaired) electrons. The number of unbranched alkanes of at least 4 members (excludes halogenated alkanes) is 1. The molecule has 0 saturated carbocycles.